The van der Waals surface area contributed by atoms with Gasteiger partial charge in [-0.15, -0.1) is 0 Å². The molecule has 220 valence electrons. The number of carboxylic acids is 2. The number of aliphatic carboxylic acids is 1. The lowest BCUT2D eigenvalue weighted by Gasteiger charge is -2.36. The highest BCUT2D eigenvalue weighted by Gasteiger charge is 2.38. The largest absolute Gasteiger partial charge is 0.497 e. The molecule has 40 heavy (non-hydrogen) atoms. The molecule has 14 heteroatoms. The van der Waals surface area contributed by atoms with Crippen molar-refractivity contribution in [3.05, 3.63) is 48.0 Å². The summed E-state index contributed by atoms with van der Waals surface area (Å²) >= 11 is 0. The van der Waals surface area contributed by atoms with Gasteiger partial charge in [-0.05, 0) is 87.2 Å². The van der Waals surface area contributed by atoms with Gasteiger partial charge in [0.05, 0.1) is 23.3 Å². The third-order valence-electron chi connectivity index (χ3n) is 6.67. The van der Waals surface area contributed by atoms with Crippen LogP contribution in [-0.2, 0) is 14.8 Å². The first-order valence-corrected chi connectivity index (χ1v) is 14.1. The van der Waals surface area contributed by atoms with Crippen LogP contribution in [0.1, 0.15) is 36.0 Å². The molecule has 0 amide bonds. The number of benzene rings is 2. The molecule has 0 bridgehead atoms. The molecule has 4 rings (SSSR count). The van der Waals surface area contributed by atoms with Crippen molar-refractivity contribution in [1.29, 1.82) is 0 Å². The Bertz CT molecular complexity index is 1280. The molecule has 2 aliphatic rings. The molecule has 3 N–H and O–H groups in total. The second-order valence-electron chi connectivity index (χ2n) is 9.58. The van der Waals surface area contributed by atoms with Gasteiger partial charge in [-0.3, -0.25) is 4.72 Å². The van der Waals surface area contributed by atoms with Crippen molar-refractivity contribution in [2.45, 2.75) is 36.8 Å². The molecular formula is C26H32F3N3O7S. The zero-order chi connectivity index (χ0) is 29.5. The van der Waals surface area contributed by atoms with Gasteiger partial charge in [-0.2, -0.15) is 13.2 Å². The van der Waals surface area contributed by atoms with Crippen LogP contribution in [0.4, 0.5) is 24.5 Å². The van der Waals surface area contributed by atoms with Gasteiger partial charge in [0, 0.05) is 25.3 Å². The van der Waals surface area contributed by atoms with E-state index in [-0.39, 0.29) is 16.1 Å². The molecular weight excluding hydrogens is 555 g/mol. The smallest absolute Gasteiger partial charge is 0.490 e. The quantitative estimate of drug-likeness (QED) is 0.416. The number of hydrogen-bond donors (Lipinski definition) is 3. The average Bonchev–Trinajstić information content (AvgIpc) is 3.41. The number of halogens is 3. The van der Waals surface area contributed by atoms with Gasteiger partial charge in [0.15, 0.2) is 0 Å². The number of methoxy groups -OCH3 is 1. The Morgan fingerprint density at radius 2 is 1.65 bits per heavy atom. The van der Waals surface area contributed by atoms with E-state index in [0.717, 1.165) is 45.6 Å². The SMILES string of the molecule is COc1ccc(S(=O)(=O)Nc2ccc(N3CCCC(CN4CCCC4)C3)c(C(=O)O)c2)cc1.O=C(O)C(F)(F)F. The van der Waals surface area contributed by atoms with Crippen LogP contribution in [0.2, 0.25) is 0 Å². The van der Waals surface area contributed by atoms with Crippen molar-refractivity contribution < 1.29 is 46.1 Å². The number of carboxylic acid groups (broad SMARTS) is 2. The number of carbonyl (C=O) groups is 2. The minimum atomic E-state index is -5.08. The highest BCUT2D eigenvalue weighted by atomic mass is 32.2. The predicted molar refractivity (Wildman–Crippen MR) is 142 cm³/mol. The Morgan fingerprint density at radius 3 is 2.20 bits per heavy atom. The van der Waals surface area contributed by atoms with Gasteiger partial charge in [0.2, 0.25) is 0 Å². The minimum absolute atomic E-state index is 0.0741. The van der Waals surface area contributed by atoms with Gasteiger partial charge in [0.25, 0.3) is 10.0 Å². The summed E-state index contributed by atoms with van der Waals surface area (Å²) < 4.78 is 64.8. The molecule has 2 fully saturated rings. The van der Waals surface area contributed by atoms with E-state index in [2.05, 4.69) is 14.5 Å². The highest BCUT2D eigenvalue weighted by Crippen LogP contribution is 2.30. The number of ether oxygens (including phenoxy) is 1. The number of sulfonamides is 1. The summed E-state index contributed by atoms with van der Waals surface area (Å²) in [6.07, 6.45) is -0.403. The number of piperidine rings is 1. The van der Waals surface area contributed by atoms with Gasteiger partial charge < -0.3 is 24.7 Å². The third-order valence-corrected chi connectivity index (χ3v) is 8.06. The fourth-order valence-electron chi connectivity index (χ4n) is 4.78. The number of alkyl halides is 3. The Kier molecular flexibility index (Phi) is 10.3. The van der Waals surface area contributed by atoms with Crippen molar-refractivity contribution in [1.82, 2.24) is 4.90 Å². The normalized spacial score (nSPS) is 18.0. The van der Waals surface area contributed by atoms with Crippen LogP contribution >= 0.6 is 0 Å². The molecule has 2 saturated heterocycles. The van der Waals surface area contributed by atoms with Crippen molar-refractivity contribution in [2.75, 3.05) is 49.5 Å². The van der Waals surface area contributed by atoms with Crippen LogP contribution in [0.15, 0.2) is 47.4 Å². The van der Waals surface area contributed by atoms with Gasteiger partial charge in [-0.25, -0.2) is 18.0 Å². The number of rotatable bonds is 8. The average molecular weight is 588 g/mol. The first-order chi connectivity index (χ1) is 18.8. The Labute approximate surface area is 230 Å². The van der Waals surface area contributed by atoms with Crippen LogP contribution in [0, 0.1) is 5.92 Å². The van der Waals surface area contributed by atoms with E-state index in [0.29, 0.717) is 17.4 Å². The molecule has 2 aromatic rings. The lowest BCUT2D eigenvalue weighted by Crippen LogP contribution is -2.41. The van der Waals surface area contributed by atoms with E-state index in [9.17, 15) is 31.5 Å². The summed E-state index contributed by atoms with van der Waals surface area (Å²) in [6, 6.07) is 10.8. The maximum atomic E-state index is 12.8. The molecule has 1 unspecified atom stereocenters. The summed E-state index contributed by atoms with van der Waals surface area (Å²) in [7, 11) is -2.35. The molecule has 0 radical (unpaired) electrons. The first-order valence-electron chi connectivity index (χ1n) is 12.6. The van der Waals surface area contributed by atoms with Gasteiger partial charge >= 0.3 is 18.1 Å². The van der Waals surface area contributed by atoms with Crippen molar-refractivity contribution in [2.24, 2.45) is 5.92 Å². The summed E-state index contributed by atoms with van der Waals surface area (Å²) in [5.74, 6) is -2.77. The Hall–Kier alpha value is -3.52. The van der Waals surface area contributed by atoms with E-state index in [1.165, 1.54) is 38.2 Å². The van der Waals surface area contributed by atoms with Gasteiger partial charge in [-0.1, -0.05) is 0 Å². The van der Waals surface area contributed by atoms with E-state index < -0.39 is 28.1 Å². The highest BCUT2D eigenvalue weighted by molar-refractivity contribution is 7.92. The summed E-state index contributed by atoms with van der Waals surface area (Å²) in [5, 5.41) is 17.0. The molecule has 0 aliphatic carbocycles. The molecule has 2 aromatic carbocycles. The van der Waals surface area contributed by atoms with E-state index >= 15 is 0 Å². The summed E-state index contributed by atoms with van der Waals surface area (Å²) in [4.78, 5) is 25.7. The summed E-state index contributed by atoms with van der Waals surface area (Å²) in [5.41, 5.74) is 0.963. The fourth-order valence-corrected chi connectivity index (χ4v) is 5.83. The monoisotopic (exact) mass is 587 g/mol. The van der Waals surface area contributed by atoms with Crippen LogP contribution in [0.3, 0.4) is 0 Å². The number of anilines is 2. The molecule has 10 nitrogen and oxygen atoms in total. The van der Waals surface area contributed by atoms with Gasteiger partial charge in [0.1, 0.15) is 5.75 Å². The molecule has 1 atom stereocenters. The lowest BCUT2D eigenvalue weighted by atomic mass is 9.96. The molecule has 0 aromatic heterocycles. The van der Waals surface area contributed by atoms with Crippen molar-refractivity contribution in [3.8, 4) is 5.75 Å². The zero-order valence-corrected chi connectivity index (χ0v) is 22.7. The van der Waals surface area contributed by atoms with Crippen molar-refractivity contribution in [3.63, 3.8) is 0 Å². The minimum Gasteiger partial charge on any atom is -0.497 e. The van der Waals surface area contributed by atoms with Crippen LogP contribution in [0.5, 0.6) is 5.75 Å². The topological polar surface area (TPSA) is 136 Å². The fraction of sp³-hybridized carbons (Fsp3) is 0.462. The third kappa shape index (κ3) is 8.49. The second-order valence-corrected chi connectivity index (χ2v) is 11.3. The van der Waals surface area contributed by atoms with E-state index in [1.54, 1.807) is 24.3 Å². The Balaban J connectivity index is 0.000000559. The molecule has 2 aliphatic heterocycles. The number of nitrogens with zero attached hydrogens (tertiary/aromatic N) is 2. The van der Waals surface area contributed by atoms with Crippen LogP contribution in [-0.4, -0.2) is 81.5 Å². The summed E-state index contributed by atoms with van der Waals surface area (Å²) in [6.45, 7) is 4.97. The number of hydrogen-bond acceptors (Lipinski definition) is 7. The lowest BCUT2D eigenvalue weighted by molar-refractivity contribution is -0.192. The molecule has 0 spiro atoms. The first kappa shape index (κ1) is 31.0. The van der Waals surface area contributed by atoms with E-state index in [4.69, 9.17) is 14.6 Å². The van der Waals surface area contributed by atoms with Crippen LogP contribution < -0.4 is 14.4 Å². The number of nitrogens with one attached hydrogen (secondary N) is 1. The Morgan fingerprint density at radius 1 is 1.02 bits per heavy atom. The number of likely N-dealkylation sites (tertiary alicyclic amines) is 1. The maximum Gasteiger partial charge on any atom is 0.490 e. The van der Waals surface area contributed by atoms with Crippen molar-refractivity contribution >= 4 is 33.3 Å². The zero-order valence-electron chi connectivity index (χ0n) is 21.9. The maximum absolute atomic E-state index is 12.8. The predicted octanol–water partition coefficient (Wildman–Crippen LogP) is 4.14. The second kappa shape index (κ2) is 13.2. The molecule has 0 saturated carbocycles. The number of aromatic carboxylic acids is 1. The van der Waals surface area contributed by atoms with E-state index in [1.807, 2.05) is 0 Å². The standard InChI is InChI=1S/C24H31N3O5S.C2HF3O2/c1-32-20-7-9-21(10-8-20)33(30,31)25-19-6-11-23(22(15-19)24(28)29)27-14-4-5-18(17-27)16-26-12-2-3-13-26;3-2(4,5)1(6)7/h6-11,15,18,25H,2-5,12-14,16-17H2,1H3,(H,28,29);(H,6,7). The molecule has 2 heterocycles. The van der Waals surface area contributed by atoms with Crippen LogP contribution in [0.25, 0.3) is 0 Å².